The zero-order chi connectivity index (χ0) is 28.2. The number of hydrogen-bond donors (Lipinski definition) is 2. The molecule has 0 radical (unpaired) electrons. The zero-order valence-corrected chi connectivity index (χ0v) is 24.3. The smallest absolute Gasteiger partial charge is 0.410 e. The summed E-state index contributed by atoms with van der Waals surface area (Å²) < 4.78 is 9.91. The van der Waals surface area contributed by atoms with Crippen molar-refractivity contribution in [2.24, 2.45) is 11.8 Å². The fourth-order valence-corrected chi connectivity index (χ4v) is 5.79. The number of carbonyl (C=O) groups excluding carboxylic acids is 2. The molecular formula is C31H43NO6S. The molecule has 2 atom stereocenters. The molecule has 0 aliphatic heterocycles. The maximum atomic E-state index is 13.0. The lowest BCUT2D eigenvalue weighted by Crippen LogP contribution is -2.21. The first-order chi connectivity index (χ1) is 18.8. The summed E-state index contributed by atoms with van der Waals surface area (Å²) in [6, 6.07) is 5.81. The van der Waals surface area contributed by atoms with E-state index in [1.807, 2.05) is 18.3 Å². The summed E-state index contributed by atoms with van der Waals surface area (Å²) in [5.41, 5.74) is -1.06. The summed E-state index contributed by atoms with van der Waals surface area (Å²) in [5.74, 6) is 0.0971. The molecule has 1 aliphatic rings. The topological polar surface area (TPSA) is 106 Å². The van der Waals surface area contributed by atoms with Crippen LogP contribution in [-0.2, 0) is 17.6 Å². The van der Waals surface area contributed by atoms with E-state index in [4.69, 9.17) is 4.42 Å². The second-order valence-electron chi connectivity index (χ2n) is 10.8. The van der Waals surface area contributed by atoms with Crippen LogP contribution in [0.15, 0.2) is 39.7 Å². The van der Waals surface area contributed by atoms with E-state index in [-0.39, 0.29) is 28.9 Å². The number of ether oxygens (including phenoxy) is 1. The monoisotopic (exact) mass is 557 g/mol. The molecule has 0 spiro atoms. The lowest BCUT2D eigenvalue weighted by molar-refractivity contribution is 0.0915. The molecule has 0 saturated heterocycles. The highest BCUT2D eigenvalue weighted by atomic mass is 32.1. The fourth-order valence-electron chi connectivity index (χ4n) is 4.69. The molecule has 0 aromatic carbocycles. The summed E-state index contributed by atoms with van der Waals surface area (Å²) >= 11 is 1.87. The van der Waals surface area contributed by atoms with Crippen LogP contribution in [0.5, 0.6) is 5.75 Å². The number of ketones is 1. The molecule has 1 amide bonds. The Labute approximate surface area is 235 Å². The van der Waals surface area contributed by atoms with Gasteiger partial charge in [-0.25, -0.2) is 9.59 Å². The third-order valence-corrected chi connectivity index (χ3v) is 8.62. The summed E-state index contributed by atoms with van der Waals surface area (Å²) in [7, 11) is 1.29. The standard InChI is InChI=1S/C31H43NO6S/c1-21(10-7-8-19-32-31(36)37-3)27-20-26(33)28(30(35)38-27)29(34)22(2)11-9-14-25-18-17-24(39-25)13-6-4-5-12-23-15-16-23/h8,17-23,33H,4-7,9-16H2,1-3H3,(H,32,36)/b19-8+. The van der Waals surface area contributed by atoms with E-state index in [2.05, 4.69) is 22.2 Å². The Bertz CT molecular complexity index is 1160. The molecule has 2 N–H and O–H groups in total. The van der Waals surface area contributed by atoms with Crippen molar-refractivity contribution in [3.8, 4) is 5.75 Å². The van der Waals surface area contributed by atoms with Crippen LogP contribution in [0.3, 0.4) is 0 Å². The van der Waals surface area contributed by atoms with Gasteiger partial charge in [-0.1, -0.05) is 52.0 Å². The van der Waals surface area contributed by atoms with Gasteiger partial charge in [-0.15, -0.1) is 11.3 Å². The minimum atomic E-state index is -0.795. The third-order valence-electron chi connectivity index (χ3n) is 7.41. The number of aromatic hydroxyl groups is 1. The van der Waals surface area contributed by atoms with E-state index in [1.165, 1.54) is 67.7 Å². The molecule has 2 heterocycles. The lowest BCUT2D eigenvalue weighted by Gasteiger charge is -2.13. The summed E-state index contributed by atoms with van der Waals surface area (Å²) in [5, 5.41) is 13.0. The summed E-state index contributed by atoms with van der Waals surface area (Å²) in [4.78, 5) is 39.4. The highest BCUT2D eigenvalue weighted by Crippen LogP contribution is 2.34. The minimum absolute atomic E-state index is 0.161. The van der Waals surface area contributed by atoms with Gasteiger partial charge < -0.3 is 14.3 Å². The first kappa shape index (κ1) is 30.7. The molecule has 0 bridgehead atoms. The second kappa shape index (κ2) is 15.7. The van der Waals surface area contributed by atoms with Crippen LogP contribution in [0.2, 0.25) is 0 Å². The number of amides is 1. The van der Waals surface area contributed by atoms with Crippen LogP contribution in [0, 0.1) is 11.8 Å². The Hall–Kier alpha value is -2.87. The molecule has 1 aliphatic carbocycles. The molecule has 1 saturated carbocycles. The summed E-state index contributed by atoms with van der Waals surface area (Å²) in [6.45, 7) is 3.67. The van der Waals surface area contributed by atoms with Gasteiger partial charge in [-0.3, -0.25) is 10.1 Å². The molecule has 8 heteroatoms. The highest BCUT2D eigenvalue weighted by molar-refractivity contribution is 7.11. The molecule has 214 valence electrons. The molecule has 39 heavy (non-hydrogen) atoms. The molecule has 2 unspecified atom stereocenters. The van der Waals surface area contributed by atoms with Gasteiger partial charge in [0.15, 0.2) is 5.78 Å². The van der Waals surface area contributed by atoms with Crippen molar-refractivity contribution in [3.63, 3.8) is 0 Å². The van der Waals surface area contributed by atoms with E-state index < -0.39 is 11.7 Å². The van der Waals surface area contributed by atoms with Crippen LogP contribution in [0.1, 0.15) is 110 Å². The van der Waals surface area contributed by atoms with E-state index in [0.717, 1.165) is 25.2 Å². The largest absolute Gasteiger partial charge is 0.507 e. The predicted molar refractivity (Wildman–Crippen MR) is 155 cm³/mol. The normalized spacial score (nSPS) is 14.8. The Kier molecular flexibility index (Phi) is 12.3. The maximum absolute atomic E-state index is 13.0. The van der Waals surface area contributed by atoms with Crippen LogP contribution < -0.4 is 10.9 Å². The number of thiophene rings is 1. The summed E-state index contributed by atoms with van der Waals surface area (Å²) in [6.07, 6.45) is 15.7. The number of methoxy groups -OCH3 is 1. The molecule has 1 fully saturated rings. The first-order valence-corrected chi connectivity index (χ1v) is 15.1. The van der Waals surface area contributed by atoms with Crippen LogP contribution in [0.4, 0.5) is 4.79 Å². The van der Waals surface area contributed by atoms with Crippen molar-refractivity contribution in [2.45, 2.75) is 96.8 Å². The Morgan fingerprint density at radius 1 is 1.13 bits per heavy atom. The average Bonchev–Trinajstić information content (AvgIpc) is 3.63. The first-order valence-electron chi connectivity index (χ1n) is 14.3. The van der Waals surface area contributed by atoms with Crippen molar-refractivity contribution in [1.82, 2.24) is 5.32 Å². The van der Waals surface area contributed by atoms with E-state index in [9.17, 15) is 19.5 Å². The number of Topliss-reactive ketones (excluding diaryl/α,β-unsaturated/α-hetero) is 1. The molecular weight excluding hydrogens is 514 g/mol. The lowest BCUT2D eigenvalue weighted by atomic mass is 9.94. The van der Waals surface area contributed by atoms with Gasteiger partial charge in [-0.2, -0.15) is 0 Å². The van der Waals surface area contributed by atoms with Gasteiger partial charge in [0.2, 0.25) is 0 Å². The number of aryl methyl sites for hydroxylation is 2. The Morgan fingerprint density at radius 3 is 2.51 bits per heavy atom. The number of hydrogen-bond acceptors (Lipinski definition) is 7. The van der Waals surface area contributed by atoms with E-state index in [1.54, 1.807) is 13.0 Å². The number of alkyl carbamates (subject to hydrolysis) is 1. The van der Waals surface area contributed by atoms with E-state index >= 15 is 0 Å². The van der Waals surface area contributed by atoms with Gasteiger partial charge in [0, 0.05) is 33.9 Å². The predicted octanol–water partition coefficient (Wildman–Crippen LogP) is 7.51. The third kappa shape index (κ3) is 10.3. The van der Waals surface area contributed by atoms with Crippen molar-refractivity contribution in [1.29, 1.82) is 0 Å². The Morgan fingerprint density at radius 2 is 1.85 bits per heavy atom. The molecule has 3 rings (SSSR count). The Balaban J connectivity index is 1.42. The van der Waals surface area contributed by atoms with Gasteiger partial charge in [0.05, 0.1) is 7.11 Å². The van der Waals surface area contributed by atoms with Gasteiger partial charge in [-0.05, 0) is 63.0 Å². The maximum Gasteiger partial charge on any atom is 0.410 e. The molecule has 7 nitrogen and oxygen atoms in total. The van der Waals surface area contributed by atoms with Crippen molar-refractivity contribution in [3.05, 3.63) is 62.0 Å². The second-order valence-corrected chi connectivity index (χ2v) is 12.0. The van der Waals surface area contributed by atoms with Gasteiger partial charge in [0.1, 0.15) is 17.1 Å². The SMILES string of the molecule is COC(=O)N/C=C/CCC(C)c1cc(O)c(C(=O)C(C)CCCc2ccc(CCCCCC3CC3)s2)c(=O)o1. The van der Waals surface area contributed by atoms with Crippen molar-refractivity contribution >= 4 is 23.2 Å². The van der Waals surface area contributed by atoms with Gasteiger partial charge in [0.25, 0.3) is 0 Å². The van der Waals surface area contributed by atoms with E-state index in [0.29, 0.717) is 25.0 Å². The number of unbranched alkanes of at least 4 members (excludes halogenated alkanes) is 2. The van der Waals surface area contributed by atoms with Crippen LogP contribution in [-0.4, -0.2) is 24.1 Å². The highest BCUT2D eigenvalue weighted by Gasteiger charge is 2.25. The molecule has 2 aromatic heterocycles. The van der Waals surface area contributed by atoms with Crippen LogP contribution in [0.25, 0.3) is 0 Å². The fraction of sp³-hybridized carbons (Fsp3) is 0.581. The average molecular weight is 558 g/mol. The van der Waals surface area contributed by atoms with Crippen molar-refractivity contribution in [2.75, 3.05) is 7.11 Å². The van der Waals surface area contributed by atoms with Crippen molar-refractivity contribution < 1.29 is 23.8 Å². The minimum Gasteiger partial charge on any atom is -0.507 e. The number of nitrogens with one attached hydrogen (secondary N) is 1. The zero-order valence-electron chi connectivity index (χ0n) is 23.5. The quantitative estimate of drug-likeness (QED) is 0.154. The number of allylic oxidation sites excluding steroid dienone is 1. The molecule has 2 aromatic rings. The van der Waals surface area contributed by atoms with Gasteiger partial charge >= 0.3 is 11.7 Å². The number of rotatable bonds is 17. The number of carbonyl (C=O) groups is 2. The van der Waals surface area contributed by atoms with Crippen LogP contribution >= 0.6 is 11.3 Å².